The zero-order valence-electron chi connectivity index (χ0n) is 9.91. The van der Waals surface area contributed by atoms with Crippen molar-refractivity contribution in [1.29, 1.82) is 0 Å². The smallest absolute Gasteiger partial charge is 0.0588 e. The van der Waals surface area contributed by atoms with Gasteiger partial charge in [0.1, 0.15) is 0 Å². The fourth-order valence-corrected chi connectivity index (χ4v) is 2.05. The summed E-state index contributed by atoms with van der Waals surface area (Å²) < 4.78 is 5.57. The summed E-state index contributed by atoms with van der Waals surface area (Å²) in [4.78, 5) is 4.35. The molecule has 1 aliphatic rings. The van der Waals surface area contributed by atoms with Crippen molar-refractivity contribution in [1.82, 2.24) is 10.3 Å². The highest BCUT2D eigenvalue weighted by Gasteiger charge is 2.14. The molecule has 1 aromatic heterocycles. The van der Waals surface area contributed by atoms with Gasteiger partial charge in [-0.25, -0.2) is 0 Å². The van der Waals surface area contributed by atoms with E-state index >= 15 is 0 Å². The van der Waals surface area contributed by atoms with E-state index in [1.54, 1.807) is 0 Å². The van der Waals surface area contributed by atoms with Crippen LogP contribution in [0.15, 0.2) is 18.3 Å². The Hall–Kier alpha value is -0.930. The number of aryl methyl sites for hydroxylation is 1. The molecule has 1 N–H and O–H groups in total. The van der Waals surface area contributed by atoms with Gasteiger partial charge < -0.3 is 10.1 Å². The Kier molecular flexibility index (Phi) is 4.31. The van der Waals surface area contributed by atoms with Crippen LogP contribution < -0.4 is 5.32 Å². The maximum absolute atomic E-state index is 5.57. The highest BCUT2D eigenvalue weighted by Crippen LogP contribution is 2.14. The number of nitrogens with one attached hydrogen (secondary N) is 1. The minimum absolute atomic E-state index is 0.484. The van der Waals surface area contributed by atoms with E-state index in [9.17, 15) is 0 Å². The number of nitrogens with zero attached hydrogens (tertiary/aromatic N) is 1. The van der Waals surface area contributed by atoms with Crippen LogP contribution in [0.2, 0.25) is 0 Å². The Labute approximate surface area is 97.2 Å². The zero-order chi connectivity index (χ0) is 11.2. The molecule has 1 fully saturated rings. The Morgan fingerprint density at radius 3 is 3.25 bits per heavy atom. The van der Waals surface area contributed by atoms with Crippen LogP contribution in [-0.2, 0) is 11.3 Å². The molecule has 1 aliphatic heterocycles. The highest BCUT2D eigenvalue weighted by molar-refractivity contribution is 5.17. The largest absolute Gasteiger partial charge is 0.378 e. The second kappa shape index (κ2) is 5.97. The minimum atomic E-state index is 0.484. The van der Waals surface area contributed by atoms with Crippen molar-refractivity contribution in [3.05, 3.63) is 29.6 Å². The summed E-state index contributed by atoms with van der Waals surface area (Å²) in [6, 6.07) is 4.08. The van der Waals surface area contributed by atoms with Crippen LogP contribution in [0.5, 0.6) is 0 Å². The number of ether oxygens (including phenoxy) is 1. The molecule has 3 heteroatoms. The standard InChI is InChI=1S/C13H20N2O/c1-11-4-2-7-15-13(11)10-14-8-6-12-5-3-9-16-12/h2,4,7,12,14H,3,5-6,8-10H2,1H3. The average molecular weight is 220 g/mol. The summed E-state index contributed by atoms with van der Waals surface area (Å²) in [6.07, 6.45) is 5.90. The maximum atomic E-state index is 5.57. The van der Waals surface area contributed by atoms with Crippen LogP contribution in [0.4, 0.5) is 0 Å². The molecular formula is C13H20N2O. The first-order chi connectivity index (χ1) is 7.86. The molecule has 0 spiro atoms. The normalized spacial score (nSPS) is 20.2. The third kappa shape index (κ3) is 3.29. The van der Waals surface area contributed by atoms with E-state index in [0.29, 0.717) is 6.10 Å². The Balaban J connectivity index is 1.66. The molecule has 1 saturated heterocycles. The molecule has 16 heavy (non-hydrogen) atoms. The molecule has 88 valence electrons. The van der Waals surface area contributed by atoms with E-state index in [2.05, 4.69) is 23.3 Å². The zero-order valence-corrected chi connectivity index (χ0v) is 9.91. The lowest BCUT2D eigenvalue weighted by Gasteiger charge is -2.10. The lowest BCUT2D eigenvalue weighted by Crippen LogP contribution is -2.20. The molecule has 3 nitrogen and oxygen atoms in total. The number of pyridine rings is 1. The van der Waals surface area contributed by atoms with Crippen LogP contribution in [0, 0.1) is 6.92 Å². The van der Waals surface area contributed by atoms with Crippen LogP contribution >= 0.6 is 0 Å². The number of hydrogen-bond donors (Lipinski definition) is 1. The van der Waals surface area contributed by atoms with Crippen LogP contribution in [0.1, 0.15) is 30.5 Å². The van der Waals surface area contributed by atoms with Gasteiger partial charge in [-0.1, -0.05) is 6.07 Å². The summed E-state index contributed by atoms with van der Waals surface area (Å²) in [7, 11) is 0. The van der Waals surface area contributed by atoms with Gasteiger partial charge in [-0.3, -0.25) is 4.98 Å². The Bertz CT molecular complexity index is 321. The molecular weight excluding hydrogens is 200 g/mol. The highest BCUT2D eigenvalue weighted by atomic mass is 16.5. The van der Waals surface area contributed by atoms with Crippen LogP contribution in [-0.4, -0.2) is 24.2 Å². The summed E-state index contributed by atoms with van der Waals surface area (Å²) in [6.45, 7) is 4.92. The molecule has 0 bridgehead atoms. The Morgan fingerprint density at radius 2 is 2.50 bits per heavy atom. The van der Waals surface area contributed by atoms with Gasteiger partial charge in [-0.2, -0.15) is 0 Å². The second-order valence-electron chi connectivity index (χ2n) is 4.37. The van der Waals surface area contributed by atoms with E-state index in [0.717, 1.165) is 31.8 Å². The molecule has 0 aromatic carbocycles. The predicted molar refractivity (Wildman–Crippen MR) is 64.3 cm³/mol. The van der Waals surface area contributed by atoms with E-state index < -0.39 is 0 Å². The molecule has 0 aliphatic carbocycles. The van der Waals surface area contributed by atoms with Crippen molar-refractivity contribution in [2.24, 2.45) is 0 Å². The molecule has 1 unspecified atom stereocenters. The van der Waals surface area contributed by atoms with E-state index in [-0.39, 0.29) is 0 Å². The fourth-order valence-electron chi connectivity index (χ4n) is 2.05. The third-order valence-corrected chi connectivity index (χ3v) is 3.08. The lowest BCUT2D eigenvalue weighted by atomic mass is 10.2. The Morgan fingerprint density at radius 1 is 1.56 bits per heavy atom. The first kappa shape index (κ1) is 11.6. The fraction of sp³-hybridized carbons (Fsp3) is 0.615. The monoisotopic (exact) mass is 220 g/mol. The quantitative estimate of drug-likeness (QED) is 0.771. The third-order valence-electron chi connectivity index (χ3n) is 3.08. The van der Waals surface area contributed by atoms with Crippen molar-refractivity contribution in [2.75, 3.05) is 13.2 Å². The molecule has 0 radical (unpaired) electrons. The second-order valence-corrected chi connectivity index (χ2v) is 4.37. The van der Waals surface area contributed by atoms with Crippen molar-refractivity contribution in [2.45, 2.75) is 38.8 Å². The van der Waals surface area contributed by atoms with Crippen molar-refractivity contribution in [3.63, 3.8) is 0 Å². The predicted octanol–water partition coefficient (Wildman–Crippen LogP) is 2.05. The first-order valence-electron chi connectivity index (χ1n) is 6.09. The van der Waals surface area contributed by atoms with Crippen molar-refractivity contribution in [3.8, 4) is 0 Å². The number of rotatable bonds is 5. The van der Waals surface area contributed by atoms with Gasteiger partial charge >= 0.3 is 0 Å². The van der Waals surface area contributed by atoms with Gasteiger partial charge in [0, 0.05) is 19.3 Å². The van der Waals surface area contributed by atoms with Crippen molar-refractivity contribution < 1.29 is 4.74 Å². The first-order valence-corrected chi connectivity index (χ1v) is 6.09. The van der Waals surface area contributed by atoms with Crippen LogP contribution in [0.25, 0.3) is 0 Å². The topological polar surface area (TPSA) is 34.2 Å². The summed E-state index contributed by atoms with van der Waals surface area (Å²) in [5.74, 6) is 0. The van der Waals surface area contributed by atoms with Gasteiger partial charge in [-0.05, 0) is 44.4 Å². The molecule has 0 saturated carbocycles. The summed E-state index contributed by atoms with van der Waals surface area (Å²) in [5, 5.41) is 3.43. The van der Waals surface area contributed by atoms with Crippen molar-refractivity contribution >= 4 is 0 Å². The molecule has 0 amide bonds. The molecule has 2 rings (SSSR count). The van der Waals surface area contributed by atoms with Gasteiger partial charge in [0.2, 0.25) is 0 Å². The van der Waals surface area contributed by atoms with Gasteiger partial charge in [0.05, 0.1) is 11.8 Å². The molecule has 1 aromatic rings. The number of hydrogen-bond acceptors (Lipinski definition) is 3. The SMILES string of the molecule is Cc1cccnc1CNCCC1CCCO1. The average Bonchev–Trinajstić information content (AvgIpc) is 2.79. The molecule has 2 heterocycles. The number of aromatic nitrogens is 1. The van der Waals surface area contributed by atoms with Gasteiger partial charge in [-0.15, -0.1) is 0 Å². The maximum Gasteiger partial charge on any atom is 0.0588 e. The van der Waals surface area contributed by atoms with E-state index in [1.807, 2.05) is 12.3 Å². The van der Waals surface area contributed by atoms with Gasteiger partial charge in [0.25, 0.3) is 0 Å². The minimum Gasteiger partial charge on any atom is -0.378 e. The molecule has 1 atom stereocenters. The van der Waals surface area contributed by atoms with Crippen LogP contribution in [0.3, 0.4) is 0 Å². The summed E-state index contributed by atoms with van der Waals surface area (Å²) >= 11 is 0. The lowest BCUT2D eigenvalue weighted by molar-refractivity contribution is 0.104. The summed E-state index contributed by atoms with van der Waals surface area (Å²) in [5.41, 5.74) is 2.40. The van der Waals surface area contributed by atoms with E-state index in [4.69, 9.17) is 4.74 Å². The van der Waals surface area contributed by atoms with E-state index in [1.165, 1.54) is 18.4 Å². The van der Waals surface area contributed by atoms with Gasteiger partial charge in [0.15, 0.2) is 0 Å².